The number of amides is 1. The van der Waals surface area contributed by atoms with Crippen molar-refractivity contribution >= 4 is 5.91 Å². The van der Waals surface area contributed by atoms with Gasteiger partial charge < -0.3 is 15.0 Å². The Morgan fingerprint density at radius 1 is 1.23 bits per heavy atom. The first-order valence-electron chi connectivity index (χ1n) is 10.0. The minimum Gasteiger partial charge on any atom is -0.476 e. The number of nitrogens with one attached hydrogen (secondary N) is 1. The molecule has 0 spiro atoms. The molecular weight excluding hydrogens is 409 g/mol. The zero-order chi connectivity index (χ0) is 22.8. The summed E-state index contributed by atoms with van der Waals surface area (Å²) in [5, 5.41) is 3.06. The Hall–Kier alpha value is -2.68. The van der Waals surface area contributed by atoms with Crippen LogP contribution in [0, 0.1) is 12.3 Å². The van der Waals surface area contributed by atoms with Crippen molar-refractivity contribution in [3.63, 3.8) is 0 Å². The van der Waals surface area contributed by atoms with Gasteiger partial charge in [0, 0.05) is 43.0 Å². The summed E-state index contributed by atoms with van der Waals surface area (Å²) in [5.74, 6) is 0.141. The third kappa shape index (κ3) is 5.52. The Morgan fingerprint density at radius 3 is 2.58 bits per heavy atom. The Labute approximate surface area is 179 Å². The molecule has 0 bridgehead atoms. The van der Waals surface area contributed by atoms with Crippen LogP contribution in [0.1, 0.15) is 36.6 Å². The van der Waals surface area contributed by atoms with Crippen LogP contribution >= 0.6 is 0 Å². The van der Waals surface area contributed by atoms with E-state index in [2.05, 4.69) is 15.3 Å². The molecule has 0 saturated carbocycles. The van der Waals surface area contributed by atoms with Crippen LogP contribution in [-0.2, 0) is 11.0 Å². The van der Waals surface area contributed by atoms with E-state index in [0.29, 0.717) is 24.5 Å². The summed E-state index contributed by atoms with van der Waals surface area (Å²) in [6.45, 7) is 6.80. The average molecular weight is 436 g/mol. The van der Waals surface area contributed by atoms with Gasteiger partial charge in [0.15, 0.2) is 0 Å². The number of likely N-dealkylation sites (N-methyl/N-ethyl adjacent to an activating group) is 1. The third-order valence-electron chi connectivity index (χ3n) is 5.47. The SMILES string of the molecule is Cc1cccnc1OCC(C)(C)C(=O)N[C@@H]1CN(C)C[C@H]1c1ccc(C(F)(F)F)nc1. The molecule has 6 nitrogen and oxygen atoms in total. The number of alkyl halides is 3. The highest BCUT2D eigenvalue weighted by Crippen LogP contribution is 2.31. The summed E-state index contributed by atoms with van der Waals surface area (Å²) in [5.41, 5.74) is -0.202. The number of ether oxygens (including phenoxy) is 1. The van der Waals surface area contributed by atoms with Gasteiger partial charge in [0.25, 0.3) is 0 Å². The molecule has 1 fully saturated rings. The summed E-state index contributed by atoms with van der Waals surface area (Å²) >= 11 is 0. The molecule has 2 atom stereocenters. The minimum atomic E-state index is -4.48. The monoisotopic (exact) mass is 436 g/mol. The number of rotatable bonds is 6. The second-order valence-corrected chi connectivity index (χ2v) is 8.68. The number of carbonyl (C=O) groups excluding carboxylic acids is 1. The van der Waals surface area contributed by atoms with Crippen molar-refractivity contribution in [2.24, 2.45) is 5.41 Å². The summed E-state index contributed by atoms with van der Waals surface area (Å²) in [7, 11) is 1.91. The number of nitrogens with zero attached hydrogens (tertiary/aromatic N) is 3. The maximum Gasteiger partial charge on any atom is 0.433 e. The summed E-state index contributed by atoms with van der Waals surface area (Å²) in [6, 6.07) is 5.88. The highest BCUT2D eigenvalue weighted by atomic mass is 19.4. The molecule has 1 aliphatic heterocycles. The molecule has 0 radical (unpaired) electrons. The van der Waals surface area contributed by atoms with Crippen LogP contribution in [0.5, 0.6) is 5.88 Å². The summed E-state index contributed by atoms with van der Waals surface area (Å²) in [6.07, 6.45) is -1.59. The molecule has 2 aromatic rings. The van der Waals surface area contributed by atoms with E-state index in [1.807, 2.05) is 31.0 Å². The lowest BCUT2D eigenvalue weighted by atomic mass is 9.90. The van der Waals surface area contributed by atoms with E-state index in [1.165, 1.54) is 12.3 Å². The van der Waals surface area contributed by atoms with Gasteiger partial charge in [0.2, 0.25) is 11.8 Å². The van der Waals surface area contributed by atoms with Gasteiger partial charge in [-0.05, 0) is 45.5 Å². The van der Waals surface area contributed by atoms with Gasteiger partial charge in [0.1, 0.15) is 12.3 Å². The van der Waals surface area contributed by atoms with Crippen LogP contribution in [0.15, 0.2) is 36.7 Å². The summed E-state index contributed by atoms with van der Waals surface area (Å²) in [4.78, 5) is 22.8. The Morgan fingerprint density at radius 2 is 1.97 bits per heavy atom. The molecule has 3 rings (SSSR count). The smallest absolute Gasteiger partial charge is 0.433 e. The molecule has 1 amide bonds. The van der Waals surface area contributed by atoms with Crippen molar-refractivity contribution < 1.29 is 22.7 Å². The largest absolute Gasteiger partial charge is 0.476 e. The molecule has 1 aliphatic rings. The zero-order valence-electron chi connectivity index (χ0n) is 18.0. The van der Waals surface area contributed by atoms with E-state index >= 15 is 0 Å². The fraction of sp³-hybridized carbons (Fsp3) is 0.500. The zero-order valence-corrected chi connectivity index (χ0v) is 18.0. The van der Waals surface area contributed by atoms with Crippen molar-refractivity contribution in [2.45, 2.75) is 38.9 Å². The van der Waals surface area contributed by atoms with Crippen molar-refractivity contribution in [3.05, 3.63) is 53.5 Å². The maximum absolute atomic E-state index is 13.0. The van der Waals surface area contributed by atoms with Crippen molar-refractivity contribution in [2.75, 3.05) is 26.7 Å². The number of pyridine rings is 2. The van der Waals surface area contributed by atoms with Gasteiger partial charge in [-0.25, -0.2) is 4.98 Å². The van der Waals surface area contributed by atoms with Crippen LogP contribution in [0.3, 0.4) is 0 Å². The van der Waals surface area contributed by atoms with Gasteiger partial charge >= 0.3 is 6.18 Å². The van der Waals surface area contributed by atoms with Crippen LogP contribution in [0.4, 0.5) is 13.2 Å². The van der Waals surface area contributed by atoms with Gasteiger partial charge in [-0.15, -0.1) is 0 Å². The predicted molar refractivity (Wildman–Crippen MR) is 110 cm³/mol. The first kappa shape index (κ1) is 23.0. The van der Waals surface area contributed by atoms with E-state index < -0.39 is 17.3 Å². The molecule has 168 valence electrons. The number of carbonyl (C=O) groups is 1. The first-order valence-corrected chi connectivity index (χ1v) is 10.0. The van der Waals surface area contributed by atoms with Crippen LogP contribution in [0.2, 0.25) is 0 Å². The molecule has 0 aliphatic carbocycles. The molecule has 3 heterocycles. The topological polar surface area (TPSA) is 67.3 Å². The number of aryl methyl sites for hydroxylation is 1. The maximum atomic E-state index is 13.0. The lowest BCUT2D eigenvalue weighted by Gasteiger charge is -2.28. The van der Waals surface area contributed by atoms with Crippen molar-refractivity contribution in [3.8, 4) is 5.88 Å². The predicted octanol–water partition coefficient (Wildman–Crippen LogP) is 3.42. The van der Waals surface area contributed by atoms with Crippen LogP contribution in [0.25, 0.3) is 0 Å². The fourth-order valence-electron chi connectivity index (χ4n) is 3.58. The van der Waals surface area contributed by atoms with Gasteiger partial charge in [-0.1, -0.05) is 12.1 Å². The third-order valence-corrected chi connectivity index (χ3v) is 5.47. The van der Waals surface area contributed by atoms with Gasteiger partial charge in [-0.2, -0.15) is 13.2 Å². The van der Waals surface area contributed by atoms with Gasteiger partial charge in [-0.3, -0.25) is 9.78 Å². The average Bonchev–Trinajstić information content (AvgIpc) is 3.07. The standard InChI is InChI=1S/C22H27F3N4O2/c1-14-6-5-9-26-19(14)31-13-21(2,3)20(30)28-17-12-29(4)11-16(17)15-7-8-18(27-10-15)22(23,24)25/h5-10,16-17H,11-13H2,1-4H3,(H,28,30)/t16-,17+/m0/s1. The molecule has 1 saturated heterocycles. The highest BCUT2D eigenvalue weighted by Gasteiger charge is 2.38. The normalized spacial score (nSPS) is 20.0. The number of halogens is 3. The second-order valence-electron chi connectivity index (χ2n) is 8.68. The van der Waals surface area contributed by atoms with Crippen LogP contribution < -0.4 is 10.1 Å². The van der Waals surface area contributed by atoms with Crippen molar-refractivity contribution in [1.29, 1.82) is 0 Å². The molecular formula is C22H27F3N4O2. The van der Waals surface area contributed by atoms with E-state index in [1.54, 1.807) is 20.0 Å². The van der Waals surface area contributed by atoms with E-state index in [0.717, 1.165) is 11.6 Å². The molecule has 2 aromatic heterocycles. The molecule has 31 heavy (non-hydrogen) atoms. The molecule has 1 N–H and O–H groups in total. The minimum absolute atomic E-state index is 0.145. The lowest BCUT2D eigenvalue weighted by molar-refractivity contribution is -0.141. The number of hydrogen-bond donors (Lipinski definition) is 1. The Bertz CT molecular complexity index is 916. The van der Waals surface area contributed by atoms with E-state index in [9.17, 15) is 18.0 Å². The van der Waals surface area contributed by atoms with Crippen LogP contribution in [-0.4, -0.2) is 53.6 Å². The number of aromatic nitrogens is 2. The Kier molecular flexibility index (Phi) is 6.54. The lowest BCUT2D eigenvalue weighted by Crippen LogP contribution is -2.48. The van der Waals surface area contributed by atoms with Gasteiger partial charge in [0.05, 0.1) is 5.41 Å². The number of likely N-dealkylation sites (tertiary alicyclic amines) is 1. The summed E-state index contributed by atoms with van der Waals surface area (Å²) < 4.78 is 44.2. The number of hydrogen-bond acceptors (Lipinski definition) is 5. The molecule has 9 heteroatoms. The molecule has 0 aromatic carbocycles. The van der Waals surface area contributed by atoms with E-state index in [-0.39, 0.29) is 24.5 Å². The van der Waals surface area contributed by atoms with E-state index in [4.69, 9.17) is 4.74 Å². The quantitative estimate of drug-likeness (QED) is 0.752. The first-order chi connectivity index (χ1) is 14.5. The Balaban J connectivity index is 1.67. The fourth-order valence-corrected chi connectivity index (χ4v) is 3.58. The van der Waals surface area contributed by atoms with Crippen molar-refractivity contribution in [1.82, 2.24) is 20.2 Å². The second kappa shape index (κ2) is 8.82. The highest BCUT2D eigenvalue weighted by molar-refractivity contribution is 5.82. The molecule has 0 unspecified atom stereocenters.